The Balaban J connectivity index is 2.11. The lowest BCUT2D eigenvalue weighted by molar-refractivity contribution is -0.146. The molecule has 21 heavy (non-hydrogen) atoms. The van der Waals surface area contributed by atoms with Crippen molar-refractivity contribution in [2.75, 3.05) is 39.8 Å². The van der Waals surface area contributed by atoms with Crippen LogP contribution in [-0.4, -0.2) is 61.5 Å². The third-order valence-electron chi connectivity index (χ3n) is 5.50. The van der Waals surface area contributed by atoms with E-state index in [4.69, 9.17) is 0 Å². The predicted octanol–water partition coefficient (Wildman–Crippen LogP) is 1.95. The number of carbonyl (C=O) groups is 1. The van der Waals surface area contributed by atoms with E-state index in [2.05, 4.69) is 42.9 Å². The maximum Gasteiger partial charge on any atom is 0.228 e. The van der Waals surface area contributed by atoms with E-state index >= 15 is 0 Å². The quantitative estimate of drug-likeness (QED) is 0.864. The maximum absolute atomic E-state index is 13.2. The number of carbonyl (C=O) groups excluding carboxylic acids is 1. The summed E-state index contributed by atoms with van der Waals surface area (Å²) in [4.78, 5) is 17.8. The van der Waals surface area contributed by atoms with Crippen molar-refractivity contribution < 1.29 is 4.79 Å². The molecule has 0 aromatic carbocycles. The normalized spacial score (nSPS) is 29.2. The highest BCUT2D eigenvalue weighted by molar-refractivity contribution is 5.82. The number of hydrogen-bond acceptors (Lipinski definition) is 3. The fourth-order valence-electron chi connectivity index (χ4n) is 3.87. The number of nitrogens with zero attached hydrogens (tertiary/aromatic N) is 2. The number of piperidine rings is 1. The van der Waals surface area contributed by atoms with E-state index in [9.17, 15) is 4.79 Å². The minimum atomic E-state index is -0.246. The van der Waals surface area contributed by atoms with Gasteiger partial charge in [0, 0.05) is 24.5 Å². The second-order valence-electron chi connectivity index (χ2n) is 7.44. The van der Waals surface area contributed by atoms with Crippen LogP contribution in [0, 0.1) is 11.3 Å². The summed E-state index contributed by atoms with van der Waals surface area (Å²) in [5.74, 6) is 0.843. The van der Waals surface area contributed by atoms with Crippen LogP contribution in [0.1, 0.15) is 46.5 Å². The summed E-state index contributed by atoms with van der Waals surface area (Å²) in [5, 5.41) is 3.46. The van der Waals surface area contributed by atoms with Crippen molar-refractivity contribution in [3.05, 3.63) is 0 Å². The Morgan fingerprint density at radius 1 is 1.29 bits per heavy atom. The Labute approximate surface area is 130 Å². The second-order valence-corrected chi connectivity index (χ2v) is 7.44. The zero-order chi connectivity index (χ0) is 15.5. The zero-order valence-corrected chi connectivity index (χ0v) is 14.3. The van der Waals surface area contributed by atoms with Crippen LogP contribution in [-0.2, 0) is 4.79 Å². The highest BCUT2D eigenvalue weighted by Gasteiger charge is 2.41. The number of likely N-dealkylation sites (N-methyl/N-ethyl adjacent to an activating group) is 1. The first-order chi connectivity index (χ1) is 9.96. The van der Waals surface area contributed by atoms with Crippen molar-refractivity contribution in [1.82, 2.24) is 15.1 Å². The zero-order valence-electron chi connectivity index (χ0n) is 14.3. The molecule has 0 aromatic rings. The molecule has 1 N–H and O–H groups in total. The minimum Gasteiger partial charge on any atom is -0.338 e. The fraction of sp³-hybridized carbons (Fsp3) is 0.941. The van der Waals surface area contributed by atoms with Crippen LogP contribution in [0.3, 0.4) is 0 Å². The molecule has 4 nitrogen and oxygen atoms in total. The van der Waals surface area contributed by atoms with Gasteiger partial charge in [-0.3, -0.25) is 4.79 Å². The van der Waals surface area contributed by atoms with Crippen molar-refractivity contribution in [1.29, 1.82) is 0 Å². The van der Waals surface area contributed by atoms with E-state index in [0.717, 1.165) is 45.6 Å². The lowest BCUT2D eigenvalue weighted by Crippen LogP contribution is -2.53. The monoisotopic (exact) mass is 295 g/mol. The van der Waals surface area contributed by atoms with Crippen molar-refractivity contribution in [2.45, 2.75) is 52.5 Å². The van der Waals surface area contributed by atoms with Gasteiger partial charge in [-0.2, -0.15) is 0 Å². The topological polar surface area (TPSA) is 35.6 Å². The van der Waals surface area contributed by atoms with Gasteiger partial charge in [0.25, 0.3) is 0 Å². The van der Waals surface area contributed by atoms with Gasteiger partial charge in [0.15, 0.2) is 0 Å². The highest BCUT2D eigenvalue weighted by atomic mass is 16.2. The molecule has 4 heteroatoms. The lowest BCUT2D eigenvalue weighted by Gasteiger charge is -2.41. The van der Waals surface area contributed by atoms with Gasteiger partial charge in [0.1, 0.15) is 0 Å². The molecule has 0 aromatic heterocycles. The number of nitrogens with one attached hydrogen (secondary N) is 1. The molecule has 0 radical (unpaired) electrons. The molecule has 2 heterocycles. The number of hydrogen-bond donors (Lipinski definition) is 1. The molecule has 122 valence electrons. The summed E-state index contributed by atoms with van der Waals surface area (Å²) < 4.78 is 0. The van der Waals surface area contributed by atoms with Gasteiger partial charge in [-0.15, -0.1) is 0 Å². The molecule has 1 amide bonds. The molecule has 2 rings (SSSR count). The molecule has 2 saturated heterocycles. The summed E-state index contributed by atoms with van der Waals surface area (Å²) in [5.41, 5.74) is -0.246. The SMILES string of the molecule is CCC1CN(C)CCCN1C(=O)C(C)(C)C1CCCNC1. The molecular weight excluding hydrogens is 262 g/mol. The van der Waals surface area contributed by atoms with Crippen molar-refractivity contribution in [2.24, 2.45) is 11.3 Å². The first-order valence-electron chi connectivity index (χ1n) is 8.67. The Kier molecular flexibility index (Phi) is 5.67. The van der Waals surface area contributed by atoms with Gasteiger partial charge in [0.05, 0.1) is 0 Å². The Morgan fingerprint density at radius 2 is 2.05 bits per heavy atom. The smallest absolute Gasteiger partial charge is 0.228 e. The average Bonchev–Trinajstić information content (AvgIpc) is 2.68. The van der Waals surface area contributed by atoms with Crippen LogP contribution in [0.2, 0.25) is 0 Å². The van der Waals surface area contributed by atoms with E-state index in [0.29, 0.717) is 17.9 Å². The molecular formula is C17H33N3O. The first kappa shape index (κ1) is 16.8. The minimum absolute atomic E-state index is 0.246. The maximum atomic E-state index is 13.2. The van der Waals surface area contributed by atoms with Crippen LogP contribution < -0.4 is 5.32 Å². The van der Waals surface area contributed by atoms with Gasteiger partial charge >= 0.3 is 0 Å². The molecule has 0 spiro atoms. The average molecular weight is 295 g/mol. The van der Waals surface area contributed by atoms with Gasteiger partial charge in [-0.05, 0) is 58.3 Å². The molecule has 2 aliphatic heterocycles. The van der Waals surface area contributed by atoms with Crippen LogP contribution in [0.25, 0.3) is 0 Å². The highest BCUT2D eigenvalue weighted by Crippen LogP contribution is 2.35. The summed E-state index contributed by atoms with van der Waals surface area (Å²) in [6.45, 7) is 11.7. The number of amides is 1. The summed E-state index contributed by atoms with van der Waals surface area (Å²) in [6, 6.07) is 0.376. The molecule has 0 aliphatic carbocycles. The van der Waals surface area contributed by atoms with Gasteiger partial charge in [-0.25, -0.2) is 0 Å². The van der Waals surface area contributed by atoms with Crippen molar-refractivity contribution in [3.63, 3.8) is 0 Å². The van der Waals surface area contributed by atoms with Gasteiger partial charge < -0.3 is 15.1 Å². The molecule has 2 unspecified atom stereocenters. The van der Waals surface area contributed by atoms with E-state index in [-0.39, 0.29) is 5.41 Å². The third kappa shape index (κ3) is 3.78. The van der Waals surface area contributed by atoms with Crippen LogP contribution >= 0.6 is 0 Å². The molecule has 2 fully saturated rings. The molecule has 2 atom stereocenters. The fourth-order valence-corrected chi connectivity index (χ4v) is 3.87. The van der Waals surface area contributed by atoms with Gasteiger partial charge in [-0.1, -0.05) is 20.8 Å². The Hall–Kier alpha value is -0.610. The van der Waals surface area contributed by atoms with E-state index in [1.807, 2.05) is 0 Å². The summed E-state index contributed by atoms with van der Waals surface area (Å²) in [7, 11) is 2.17. The Bertz CT molecular complexity index is 350. The third-order valence-corrected chi connectivity index (χ3v) is 5.50. The van der Waals surface area contributed by atoms with E-state index < -0.39 is 0 Å². The molecule has 0 saturated carbocycles. The largest absolute Gasteiger partial charge is 0.338 e. The standard InChI is InChI=1S/C17H33N3O/c1-5-15-13-19(4)10-7-11-20(15)16(21)17(2,3)14-8-6-9-18-12-14/h14-15,18H,5-13H2,1-4H3. The van der Waals surface area contributed by atoms with E-state index in [1.165, 1.54) is 12.8 Å². The molecule has 2 aliphatic rings. The van der Waals surface area contributed by atoms with Gasteiger partial charge in [0.2, 0.25) is 5.91 Å². The first-order valence-corrected chi connectivity index (χ1v) is 8.67. The van der Waals surface area contributed by atoms with Crippen molar-refractivity contribution >= 4 is 5.91 Å². The van der Waals surface area contributed by atoms with Crippen LogP contribution in [0.5, 0.6) is 0 Å². The van der Waals surface area contributed by atoms with Crippen LogP contribution in [0.4, 0.5) is 0 Å². The van der Waals surface area contributed by atoms with Crippen molar-refractivity contribution in [3.8, 4) is 0 Å². The predicted molar refractivity (Wildman–Crippen MR) is 87.3 cm³/mol. The van der Waals surface area contributed by atoms with E-state index in [1.54, 1.807) is 0 Å². The lowest BCUT2D eigenvalue weighted by atomic mass is 9.73. The van der Waals surface area contributed by atoms with Crippen LogP contribution in [0.15, 0.2) is 0 Å². The second kappa shape index (κ2) is 7.10. The summed E-state index contributed by atoms with van der Waals surface area (Å²) >= 11 is 0. The number of rotatable bonds is 3. The molecule has 0 bridgehead atoms. The summed E-state index contributed by atoms with van der Waals surface area (Å²) in [6.07, 6.45) is 4.52. The Morgan fingerprint density at radius 3 is 2.67 bits per heavy atom.